The van der Waals surface area contributed by atoms with Crippen LogP contribution < -0.4 is 49.6 Å². The van der Waals surface area contributed by atoms with Gasteiger partial charge in [-0.05, 0) is 0 Å². The SMILES string of the molecule is CCC1([CH-]C2(CC)C=CC=C2)C=CC=C1.[Cl-].[Cl-].[Cl-].[Cl-].[V+4]. The molecule has 0 aliphatic heterocycles. The van der Waals surface area contributed by atoms with Crippen molar-refractivity contribution in [2.45, 2.75) is 26.7 Å². The van der Waals surface area contributed by atoms with Crippen LogP contribution in [-0.2, 0) is 18.6 Å². The van der Waals surface area contributed by atoms with E-state index in [1.165, 1.54) is 0 Å². The molecule has 0 fully saturated rings. The first-order chi connectivity index (χ1) is 7.24. The molecule has 20 heavy (non-hydrogen) atoms. The maximum Gasteiger partial charge on any atom is 4.00 e. The van der Waals surface area contributed by atoms with E-state index in [1.807, 2.05) is 0 Å². The Balaban J connectivity index is -0.000000256. The van der Waals surface area contributed by atoms with Crippen molar-refractivity contribution in [3.8, 4) is 0 Å². The predicted octanol–water partition coefficient (Wildman–Crippen LogP) is -7.75. The molecule has 2 aliphatic rings. The van der Waals surface area contributed by atoms with E-state index in [1.54, 1.807) is 0 Å². The van der Waals surface area contributed by atoms with E-state index in [0.29, 0.717) is 0 Å². The Morgan fingerprint density at radius 3 is 1.10 bits per heavy atom. The Hall–Kier alpha value is 0.704. The minimum absolute atomic E-state index is 0. The van der Waals surface area contributed by atoms with Crippen LogP contribution in [0.3, 0.4) is 0 Å². The third-order valence-electron chi connectivity index (χ3n) is 3.61. The summed E-state index contributed by atoms with van der Waals surface area (Å²) in [4.78, 5) is 0. The van der Waals surface area contributed by atoms with Crippen LogP contribution in [0, 0.1) is 17.3 Å². The molecule has 2 rings (SSSR count). The topological polar surface area (TPSA) is 0 Å². The predicted molar refractivity (Wildman–Crippen MR) is 66.3 cm³/mol. The molecule has 0 aromatic rings. The second-order valence-electron chi connectivity index (χ2n) is 4.51. The molecular weight excluding hydrogens is 373 g/mol. The van der Waals surface area contributed by atoms with Crippen LogP contribution in [0.15, 0.2) is 48.6 Å². The Labute approximate surface area is 160 Å². The molecule has 0 bridgehead atoms. The number of allylic oxidation sites excluding steroid dienone is 8. The molecule has 5 heteroatoms. The van der Waals surface area contributed by atoms with Crippen molar-refractivity contribution < 1.29 is 68.2 Å². The molecule has 0 N–H and O–H groups in total. The second-order valence-corrected chi connectivity index (χ2v) is 4.51. The normalized spacial score (nSPS) is 18.1. The van der Waals surface area contributed by atoms with Gasteiger partial charge in [-0.15, -0.1) is 35.1 Å². The van der Waals surface area contributed by atoms with Gasteiger partial charge in [-0.2, -0.15) is 0 Å². The maximum absolute atomic E-state index is 2.49. The number of hydrogen-bond acceptors (Lipinski definition) is 0. The fraction of sp³-hybridized carbons (Fsp3) is 0.400. The Morgan fingerprint density at radius 1 is 0.650 bits per heavy atom. The van der Waals surface area contributed by atoms with Crippen molar-refractivity contribution in [2.24, 2.45) is 10.8 Å². The quantitative estimate of drug-likeness (QED) is 0.418. The van der Waals surface area contributed by atoms with E-state index < -0.39 is 0 Å². The summed E-state index contributed by atoms with van der Waals surface area (Å²) in [5.41, 5.74) is 0.351. The molecule has 0 unspecified atom stereocenters. The van der Waals surface area contributed by atoms with Gasteiger partial charge in [-0.25, -0.2) is 0 Å². The Morgan fingerprint density at radius 2 is 0.900 bits per heavy atom. The molecule has 1 radical (unpaired) electrons. The van der Waals surface area contributed by atoms with Crippen molar-refractivity contribution in [2.75, 3.05) is 0 Å². The van der Waals surface area contributed by atoms with Crippen LogP contribution in [-0.4, -0.2) is 0 Å². The molecule has 2 aliphatic carbocycles. The van der Waals surface area contributed by atoms with Gasteiger partial charge in [0, 0.05) is 0 Å². The summed E-state index contributed by atoms with van der Waals surface area (Å²) in [7, 11) is 0. The molecule has 0 saturated carbocycles. The van der Waals surface area contributed by atoms with Crippen molar-refractivity contribution in [1.29, 1.82) is 0 Å². The van der Waals surface area contributed by atoms with Gasteiger partial charge in [0.25, 0.3) is 0 Å². The van der Waals surface area contributed by atoms with Crippen LogP contribution in [0.5, 0.6) is 0 Å². The molecule has 0 amide bonds. The molecule has 0 spiro atoms. The van der Waals surface area contributed by atoms with Crippen LogP contribution in [0.2, 0.25) is 0 Å². The van der Waals surface area contributed by atoms with E-state index in [4.69, 9.17) is 0 Å². The molecule has 113 valence electrons. The van der Waals surface area contributed by atoms with E-state index >= 15 is 0 Å². The van der Waals surface area contributed by atoms with Crippen molar-refractivity contribution in [3.05, 3.63) is 55.0 Å². The summed E-state index contributed by atoms with van der Waals surface area (Å²) in [5.74, 6) is 0. The van der Waals surface area contributed by atoms with Gasteiger partial charge >= 0.3 is 18.6 Å². The second kappa shape index (κ2) is 12.3. The largest absolute Gasteiger partial charge is 4.00 e. The number of rotatable bonds is 4. The fourth-order valence-corrected chi connectivity index (χ4v) is 2.42. The summed E-state index contributed by atoms with van der Waals surface area (Å²) in [6.45, 7) is 4.50. The van der Waals surface area contributed by atoms with Crippen molar-refractivity contribution in [3.63, 3.8) is 0 Å². The summed E-state index contributed by atoms with van der Waals surface area (Å²) < 4.78 is 0. The van der Waals surface area contributed by atoms with Crippen LogP contribution in [0.25, 0.3) is 0 Å². The summed E-state index contributed by atoms with van der Waals surface area (Å²) in [6.07, 6.45) is 22.6. The molecule has 0 heterocycles. The van der Waals surface area contributed by atoms with E-state index in [0.717, 1.165) is 12.8 Å². The summed E-state index contributed by atoms with van der Waals surface area (Å²) >= 11 is 0. The zero-order chi connectivity index (χ0) is 10.8. The minimum atomic E-state index is 0. The Kier molecular flexibility index (Phi) is 17.7. The molecule has 0 aromatic heterocycles. The van der Waals surface area contributed by atoms with Gasteiger partial charge < -0.3 is 56.0 Å². The standard InChI is InChI=1S/C15H19.4ClH.V/c1-3-14(9-5-6-10-14)13-15(4-2)11-7-8-12-15;;;;;/h5-13H,3-4H2,1-2H3;4*1H;/q-1;;;;;+4/p-4. The van der Waals surface area contributed by atoms with Crippen LogP contribution in [0.4, 0.5) is 0 Å². The molecule has 0 atom stereocenters. The first kappa shape index (κ1) is 28.8. The first-order valence-electron chi connectivity index (χ1n) is 5.85. The summed E-state index contributed by atoms with van der Waals surface area (Å²) in [5, 5.41) is 0. The maximum atomic E-state index is 2.49. The monoisotopic (exact) mass is 390 g/mol. The van der Waals surface area contributed by atoms with E-state index in [2.05, 4.69) is 68.9 Å². The first-order valence-corrected chi connectivity index (χ1v) is 5.85. The minimum Gasteiger partial charge on any atom is -1.00 e. The average molecular weight is 392 g/mol. The third kappa shape index (κ3) is 6.22. The number of halogens is 4. The average Bonchev–Trinajstić information content (AvgIpc) is 2.89. The van der Waals surface area contributed by atoms with Crippen LogP contribution in [0.1, 0.15) is 26.7 Å². The molecule has 0 nitrogen and oxygen atoms in total. The van der Waals surface area contributed by atoms with Gasteiger partial charge in [0.15, 0.2) is 0 Å². The zero-order valence-electron chi connectivity index (χ0n) is 11.6. The van der Waals surface area contributed by atoms with E-state index in [-0.39, 0.29) is 79.0 Å². The molecule has 0 aromatic carbocycles. The molecule has 0 saturated heterocycles. The smallest absolute Gasteiger partial charge is 1.00 e. The Bertz CT molecular complexity index is 301. The summed E-state index contributed by atoms with van der Waals surface area (Å²) in [6, 6.07) is 0. The van der Waals surface area contributed by atoms with Crippen molar-refractivity contribution in [1.82, 2.24) is 0 Å². The molecular formula is C15H19Cl4V-. The number of hydrogen-bond donors (Lipinski definition) is 0. The van der Waals surface area contributed by atoms with Gasteiger partial charge in [-0.1, -0.05) is 51.0 Å². The van der Waals surface area contributed by atoms with E-state index in [9.17, 15) is 0 Å². The van der Waals surface area contributed by atoms with Gasteiger partial charge in [-0.3, -0.25) is 0 Å². The third-order valence-corrected chi connectivity index (χ3v) is 3.61. The van der Waals surface area contributed by atoms with Crippen LogP contribution >= 0.6 is 0 Å². The van der Waals surface area contributed by atoms with Gasteiger partial charge in [0.1, 0.15) is 0 Å². The van der Waals surface area contributed by atoms with Gasteiger partial charge in [0.05, 0.1) is 0 Å². The fourth-order valence-electron chi connectivity index (χ4n) is 2.42. The van der Waals surface area contributed by atoms with Crippen molar-refractivity contribution >= 4 is 0 Å². The van der Waals surface area contributed by atoms with Gasteiger partial charge in [0.2, 0.25) is 0 Å². The zero-order valence-corrected chi connectivity index (χ0v) is 16.0.